The fourth-order valence-electron chi connectivity index (χ4n) is 4.45. The van der Waals surface area contributed by atoms with Gasteiger partial charge in [0.2, 0.25) is 5.91 Å². The highest BCUT2D eigenvalue weighted by Crippen LogP contribution is 2.44. The molecule has 0 unspecified atom stereocenters. The Balaban J connectivity index is 1.77. The second-order valence-electron chi connectivity index (χ2n) is 8.99. The number of carbonyl (C=O) groups excluding carboxylic acids is 1. The monoisotopic (exact) mass is 528 g/mol. The van der Waals surface area contributed by atoms with Crippen LogP contribution >= 0.6 is 11.3 Å². The number of hydrogen-bond donors (Lipinski definition) is 0. The molecule has 2 aromatic heterocycles. The van der Waals surface area contributed by atoms with E-state index < -0.39 is 17.8 Å². The molecule has 194 valence electrons. The van der Waals surface area contributed by atoms with Crippen molar-refractivity contribution in [2.45, 2.75) is 52.1 Å². The molecule has 10 heteroatoms. The Morgan fingerprint density at radius 1 is 1.30 bits per heavy atom. The highest BCUT2D eigenvalue weighted by Gasteiger charge is 2.39. The SMILES string of the molecule is CCn1cc(-c2ccccc2[C@@H]2CN(C(=O)/C=C/COC(C)C)Cc3sc(C#N)cc32)c(C(F)(F)F)n1. The van der Waals surface area contributed by atoms with Crippen molar-refractivity contribution in [2.75, 3.05) is 13.2 Å². The molecule has 0 radical (unpaired) electrons. The molecule has 0 saturated heterocycles. The summed E-state index contributed by atoms with van der Waals surface area (Å²) in [6, 6.07) is 10.9. The Labute approximate surface area is 217 Å². The predicted octanol–water partition coefficient (Wildman–Crippen LogP) is 5.98. The lowest BCUT2D eigenvalue weighted by Gasteiger charge is -2.33. The summed E-state index contributed by atoms with van der Waals surface area (Å²) >= 11 is 1.30. The molecular weight excluding hydrogens is 501 g/mol. The standard InChI is InChI=1S/C27H27F3N4O2S/c1-4-34-15-23(26(32-34)27(28,29)30)20-9-6-5-8-19(20)22-14-33(25(35)10-7-11-36-17(2)3)16-24-21(22)12-18(13-31)37-24/h5-10,12,15,17,22H,4,11,14,16H2,1-3H3/b10-7+/t22-/m0/s1. The molecule has 0 fully saturated rings. The van der Waals surface area contributed by atoms with Crippen molar-refractivity contribution >= 4 is 17.2 Å². The lowest BCUT2D eigenvalue weighted by atomic mass is 9.83. The van der Waals surface area contributed by atoms with Crippen LogP contribution in [0.1, 0.15) is 53.3 Å². The van der Waals surface area contributed by atoms with Crippen LogP contribution in [0, 0.1) is 11.3 Å². The first-order valence-corrected chi connectivity index (χ1v) is 12.8. The zero-order valence-corrected chi connectivity index (χ0v) is 21.6. The van der Waals surface area contributed by atoms with Crippen molar-refractivity contribution in [1.82, 2.24) is 14.7 Å². The maximum atomic E-state index is 13.9. The Morgan fingerprint density at radius 3 is 2.73 bits per heavy atom. The van der Waals surface area contributed by atoms with Gasteiger partial charge >= 0.3 is 6.18 Å². The van der Waals surface area contributed by atoms with Gasteiger partial charge in [-0.3, -0.25) is 9.48 Å². The minimum Gasteiger partial charge on any atom is -0.375 e. The van der Waals surface area contributed by atoms with Crippen LogP contribution in [0.15, 0.2) is 48.7 Å². The van der Waals surface area contributed by atoms with Gasteiger partial charge in [-0.1, -0.05) is 30.3 Å². The molecule has 0 aliphatic carbocycles. The Morgan fingerprint density at radius 2 is 2.05 bits per heavy atom. The van der Waals surface area contributed by atoms with E-state index in [-0.39, 0.29) is 24.1 Å². The van der Waals surface area contributed by atoms with Crippen LogP contribution in [0.3, 0.4) is 0 Å². The Bertz CT molecular complexity index is 1350. The zero-order chi connectivity index (χ0) is 26.7. The molecule has 4 rings (SSSR count). The van der Waals surface area contributed by atoms with Crippen molar-refractivity contribution in [3.05, 3.63) is 75.3 Å². The van der Waals surface area contributed by atoms with E-state index in [1.54, 1.807) is 48.2 Å². The van der Waals surface area contributed by atoms with E-state index in [0.29, 0.717) is 35.7 Å². The number of aromatic nitrogens is 2. The van der Waals surface area contributed by atoms with Gasteiger partial charge in [0.1, 0.15) is 10.9 Å². The number of hydrogen-bond acceptors (Lipinski definition) is 5. The summed E-state index contributed by atoms with van der Waals surface area (Å²) < 4.78 is 48.5. The van der Waals surface area contributed by atoms with Crippen molar-refractivity contribution in [3.8, 4) is 17.2 Å². The first-order valence-electron chi connectivity index (χ1n) is 12.0. The first kappa shape index (κ1) is 26.6. The van der Waals surface area contributed by atoms with E-state index in [1.807, 2.05) is 13.8 Å². The number of amides is 1. The topological polar surface area (TPSA) is 71.2 Å². The predicted molar refractivity (Wildman–Crippen MR) is 135 cm³/mol. The number of aryl methyl sites for hydroxylation is 1. The summed E-state index contributed by atoms with van der Waals surface area (Å²) in [5.74, 6) is -0.629. The number of ether oxygens (including phenoxy) is 1. The molecule has 1 amide bonds. The summed E-state index contributed by atoms with van der Waals surface area (Å²) in [4.78, 5) is 16.1. The fraction of sp³-hybridized carbons (Fsp3) is 0.370. The highest BCUT2D eigenvalue weighted by atomic mass is 32.1. The minimum absolute atomic E-state index is 0.00332. The molecule has 0 spiro atoms. The molecule has 6 nitrogen and oxygen atoms in total. The molecule has 3 heterocycles. The Hall–Kier alpha value is -3.42. The second-order valence-corrected chi connectivity index (χ2v) is 10.1. The van der Waals surface area contributed by atoms with Crippen molar-refractivity contribution < 1.29 is 22.7 Å². The zero-order valence-electron chi connectivity index (χ0n) is 20.7. The third kappa shape index (κ3) is 5.78. The van der Waals surface area contributed by atoms with E-state index in [4.69, 9.17) is 4.74 Å². The molecule has 1 aromatic carbocycles. The molecule has 0 N–H and O–H groups in total. The smallest absolute Gasteiger partial charge is 0.375 e. The van der Waals surface area contributed by atoms with E-state index in [2.05, 4.69) is 11.2 Å². The summed E-state index contributed by atoms with van der Waals surface area (Å²) in [5.41, 5.74) is 0.974. The van der Waals surface area contributed by atoms with Crippen molar-refractivity contribution in [1.29, 1.82) is 5.26 Å². The van der Waals surface area contributed by atoms with Gasteiger partial charge in [-0.05, 0) is 43.5 Å². The molecule has 1 atom stereocenters. The number of carbonyl (C=O) groups is 1. The van der Waals surface area contributed by atoms with E-state index >= 15 is 0 Å². The fourth-order valence-corrected chi connectivity index (χ4v) is 5.48. The van der Waals surface area contributed by atoms with Gasteiger partial charge in [0.15, 0.2) is 5.69 Å². The van der Waals surface area contributed by atoms with Gasteiger partial charge in [0, 0.05) is 41.7 Å². The molecule has 0 saturated carbocycles. The summed E-state index contributed by atoms with van der Waals surface area (Å²) in [5, 5.41) is 13.3. The number of alkyl halides is 3. The van der Waals surface area contributed by atoms with Gasteiger partial charge < -0.3 is 9.64 Å². The molecule has 1 aliphatic heterocycles. The van der Waals surface area contributed by atoms with Crippen LogP contribution in [-0.4, -0.2) is 39.8 Å². The first-order chi connectivity index (χ1) is 17.6. The molecular formula is C27H27F3N4O2S. The minimum atomic E-state index is -4.62. The number of benzene rings is 1. The molecule has 37 heavy (non-hydrogen) atoms. The van der Waals surface area contributed by atoms with Crippen LogP contribution in [0.4, 0.5) is 13.2 Å². The van der Waals surface area contributed by atoms with Gasteiger partial charge in [-0.25, -0.2) is 0 Å². The number of nitrogens with zero attached hydrogens (tertiary/aromatic N) is 4. The maximum Gasteiger partial charge on any atom is 0.435 e. The average Bonchev–Trinajstić information content (AvgIpc) is 3.50. The van der Waals surface area contributed by atoms with E-state index in [0.717, 1.165) is 10.4 Å². The summed E-state index contributed by atoms with van der Waals surface area (Å²) in [6.07, 6.45) is -0.0539. The normalized spacial score (nSPS) is 15.8. The van der Waals surface area contributed by atoms with Crippen LogP contribution in [0.2, 0.25) is 0 Å². The summed E-state index contributed by atoms with van der Waals surface area (Å²) in [7, 11) is 0. The van der Waals surface area contributed by atoms with Crippen LogP contribution in [-0.2, 0) is 28.8 Å². The number of rotatable bonds is 7. The lowest BCUT2D eigenvalue weighted by Crippen LogP contribution is -2.37. The van der Waals surface area contributed by atoms with Gasteiger partial charge in [-0.2, -0.15) is 23.5 Å². The molecule has 3 aromatic rings. The maximum absolute atomic E-state index is 13.9. The highest BCUT2D eigenvalue weighted by molar-refractivity contribution is 7.12. The number of halogens is 3. The van der Waals surface area contributed by atoms with Gasteiger partial charge in [0.25, 0.3) is 0 Å². The summed E-state index contributed by atoms with van der Waals surface area (Å²) in [6.45, 7) is 6.73. The third-order valence-corrected chi connectivity index (χ3v) is 7.18. The van der Waals surface area contributed by atoms with Gasteiger partial charge in [-0.15, -0.1) is 11.3 Å². The third-order valence-electron chi connectivity index (χ3n) is 6.14. The van der Waals surface area contributed by atoms with E-state index in [1.165, 1.54) is 28.3 Å². The Kier molecular flexibility index (Phi) is 7.85. The van der Waals surface area contributed by atoms with Crippen molar-refractivity contribution in [3.63, 3.8) is 0 Å². The van der Waals surface area contributed by atoms with E-state index in [9.17, 15) is 23.2 Å². The quantitative estimate of drug-likeness (QED) is 0.354. The number of thiophene rings is 1. The van der Waals surface area contributed by atoms with Crippen LogP contribution < -0.4 is 0 Å². The van der Waals surface area contributed by atoms with Gasteiger partial charge in [0.05, 0.1) is 19.3 Å². The lowest BCUT2D eigenvalue weighted by molar-refractivity contribution is -0.141. The van der Waals surface area contributed by atoms with Crippen molar-refractivity contribution in [2.24, 2.45) is 0 Å². The largest absolute Gasteiger partial charge is 0.435 e. The number of fused-ring (bicyclic) bond motifs is 1. The molecule has 1 aliphatic rings. The average molecular weight is 529 g/mol. The second kappa shape index (κ2) is 10.9. The number of nitriles is 1. The molecule has 0 bridgehead atoms. The van der Waals surface area contributed by atoms with Crippen LogP contribution in [0.25, 0.3) is 11.1 Å². The van der Waals surface area contributed by atoms with Crippen LogP contribution in [0.5, 0.6) is 0 Å².